The number of aliphatic hydroxyl groups excluding tert-OH is 1. The summed E-state index contributed by atoms with van der Waals surface area (Å²) in [5, 5.41) is 9.98. The van der Waals surface area contributed by atoms with E-state index in [9.17, 15) is 18.3 Å². The van der Waals surface area contributed by atoms with Crippen molar-refractivity contribution in [1.29, 1.82) is 0 Å². The van der Waals surface area contributed by atoms with E-state index in [0.29, 0.717) is 15.2 Å². The highest BCUT2D eigenvalue weighted by atomic mass is 32.2. The highest BCUT2D eigenvalue weighted by Gasteiger charge is 2.37. The summed E-state index contributed by atoms with van der Waals surface area (Å²) >= 11 is 0. The molecular weight excluding hydrogens is 438 g/mol. The van der Waals surface area contributed by atoms with Gasteiger partial charge in [0.25, 0.3) is 15.9 Å². The molecule has 11 heteroatoms. The molecule has 10 nitrogen and oxygen atoms in total. The maximum absolute atomic E-state index is 13.8. The van der Waals surface area contributed by atoms with Gasteiger partial charge in [0.2, 0.25) is 5.75 Å². The zero-order valence-corrected chi connectivity index (χ0v) is 18.9. The van der Waals surface area contributed by atoms with Crippen LogP contribution in [0.4, 0.5) is 5.69 Å². The van der Waals surface area contributed by atoms with Crippen LogP contribution < -0.4 is 24.2 Å². The van der Waals surface area contributed by atoms with Gasteiger partial charge in [0.1, 0.15) is 6.04 Å². The number of nitrogens with two attached hydrogens (primary N) is 1. The van der Waals surface area contributed by atoms with E-state index in [4.69, 9.17) is 19.9 Å². The van der Waals surface area contributed by atoms with Crippen LogP contribution >= 0.6 is 0 Å². The van der Waals surface area contributed by atoms with Crippen LogP contribution in [-0.4, -0.2) is 58.0 Å². The lowest BCUT2D eigenvalue weighted by Gasteiger charge is -2.25. The molecular formula is C21H25N3O7S. The number of hydrogen-bond acceptors (Lipinski definition) is 8. The molecule has 1 atom stereocenters. The molecule has 3 rings (SSSR count). The molecule has 0 aliphatic rings. The van der Waals surface area contributed by atoms with E-state index in [0.717, 1.165) is 0 Å². The SMILES string of the molecule is COc1cc(S(=O)(=O)N(C(=O)C(N)CO)c2cn(C)c3ccccc23)cc(OC)c1OC. The van der Waals surface area contributed by atoms with Gasteiger partial charge in [0.15, 0.2) is 11.5 Å². The van der Waals surface area contributed by atoms with E-state index >= 15 is 0 Å². The second kappa shape index (κ2) is 9.07. The van der Waals surface area contributed by atoms with Gasteiger partial charge >= 0.3 is 0 Å². The number of sulfonamides is 1. The minimum Gasteiger partial charge on any atom is -0.493 e. The number of nitrogens with zero attached hydrogens (tertiary/aromatic N) is 2. The van der Waals surface area contributed by atoms with Crippen molar-refractivity contribution in [1.82, 2.24) is 4.57 Å². The Morgan fingerprint density at radius 2 is 1.72 bits per heavy atom. The first-order valence-corrected chi connectivity index (χ1v) is 10.9. The van der Waals surface area contributed by atoms with E-state index in [1.54, 1.807) is 35.9 Å². The van der Waals surface area contributed by atoms with Crippen molar-refractivity contribution in [3.05, 3.63) is 42.6 Å². The Morgan fingerprint density at radius 1 is 1.12 bits per heavy atom. The summed E-state index contributed by atoms with van der Waals surface area (Å²) in [5.74, 6) is -0.592. The van der Waals surface area contributed by atoms with Crippen molar-refractivity contribution in [2.24, 2.45) is 12.8 Å². The van der Waals surface area contributed by atoms with Crippen LogP contribution in [0, 0.1) is 0 Å². The number of carbonyl (C=O) groups is 1. The Bertz CT molecular complexity index is 1230. The molecule has 1 heterocycles. The van der Waals surface area contributed by atoms with Gasteiger partial charge in [0, 0.05) is 36.3 Å². The van der Waals surface area contributed by atoms with Crippen LogP contribution in [0.2, 0.25) is 0 Å². The fraction of sp³-hybridized carbons (Fsp3) is 0.286. The van der Waals surface area contributed by atoms with Gasteiger partial charge in [0.05, 0.1) is 38.5 Å². The largest absolute Gasteiger partial charge is 0.493 e. The number of hydrogen-bond donors (Lipinski definition) is 2. The summed E-state index contributed by atoms with van der Waals surface area (Å²) in [4.78, 5) is 12.9. The molecule has 0 saturated carbocycles. The highest BCUT2D eigenvalue weighted by Crippen LogP contribution is 2.41. The van der Waals surface area contributed by atoms with Gasteiger partial charge < -0.3 is 29.6 Å². The molecule has 1 amide bonds. The number of anilines is 1. The van der Waals surface area contributed by atoms with Gasteiger partial charge in [-0.2, -0.15) is 4.31 Å². The lowest BCUT2D eigenvalue weighted by atomic mass is 10.2. The van der Waals surface area contributed by atoms with Crippen LogP contribution in [0.5, 0.6) is 17.2 Å². The first-order chi connectivity index (χ1) is 15.2. The molecule has 32 heavy (non-hydrogen) atoms. The number of methoxy groups -OCH3 is 3. The molecule has 0 fully saturated rings. The van der Waals surface area contributed by atoms with Crippen molar-refractivity contribution in [3.8, 4) is 17.2 Å². The number of aliphatic hydroxyl groups is 1. The number of rotatable bonds is 8. The molecule has 2 aromatic carbocycles. The van der Waals surface area contributed by atoms with Crippen molar-refractivity contribution in [3.63, 3.8) is 0 Å². The molecule has 0 spiro atoms. The molecule has 1 aromatic heterocycles. The van der Waals surface area contributed by atoms with Gasteiger partial charge in [-0.25, -0.2) is 8.42 Å². The Kier molecular flexibility index (Phi) is 6.63. The lowest BCUT2D eigenvalue weighted by Crippen LogP contribution is -2.48. The first kappa shape index (κ1) is 23.4. The quantitative estimate of drug-likeness (QED) is 0.510. The molecule has 0 saturated heterocycles. The van der Waals surface area contributed by atoms with E-state index in [1.807, 2.05) is 0 Å². The number of para-hydroxylation sites is 1. The van der Waals surface area contributed by atoms with Crippen LogP contribution in [-0.2, 0) is 21.9 Å². The third kappa shape index (κ3) is 3.85. The molecule has 3 aromatic rings. The van der Waals surface area contributed by atoms with Gasteiger partial charge in [-0.3, -0.25) is 4.79 Å². The standard InChI is InChI=1S/C21H25N3O7S/c1-23-11-17(14-7-5-6-8-16(14)23)24(21(26)15(22)12-25)32(27,28)13-9-18(29-2)20(31-4)19(10-13)30-3/h5-11,15,25H,12,22H2,1-4H3. The average molecular weight is 464 g/mol. The summed E-state index contributed by atoms with van der Waals surface area (Å²) < 4.78 is 45.7. The third-order valence-corrected chi connectivity index (χ3v) is 6.67. The monoisotopic (exact) mass is 463 g/mol. The minimum atomic E-state index is -4.51. The highest BCUT2D eigenvalue weighted by molar-refractivity contribution is 7.93. The molecule has 0 radical (unpaired) electrons. The van der Waals surface area contributed by atoms with Crippen molar-refractivity contribution in [2.75, 3.05) is 32.2 Å². The molecule has 1 unspecified atom stereocenters. The second-order valence-corrected chi connectivity index (χ2v) is 8.69. The van der Waals surface area contributed by atoms with Gasteiger partial charge in [-0.15, -0.1) is 0 Å². The molecule has 0 bridgehead atoms. The average Bonchev–Trinajstić information content (AvgIpc) is 3.13. The molecule has 172 valence electrons. The predicted octanol–water partition coefficient (Wildman–Crippen LogP) is 1.25. The smallest absolute Gasteiger partial charge is 0.271 e. The summed E-state index contributed by atoms with van der Waals surface area (Å²) in [6.45, 7) is -0.731. The number of aromatic nitrogens is 1. The van der Waals surface area contributed by atoms with E-state index in [-0.39, 0.29) is 27.8 Å². The summed E-state index contributed by atoms with van der Waals surface area (Å²) in [6.07, 6.45) is 1.52. The van der Waals surface area contributed by atoms with E-state index in [1.165, 1.54) is 39.7 Å². The zero-order valence-electron chi connectivity index (χ0n) is 18.1. The maximum atomic E-state index is 13.8. The van der Waals surface area contributed by atoms with Crippen molar-refractivity contribution in [2.45, 2.75) is 10.9 Å². The number of ether oxygens (including phenoxy) is 3. The van der Waals surface area contributed by atoms with Crippen molar-refractivity contribution < 1.29 is 32.5 Å². The molecule has 0 aliphatic heterocycles. The Morgan fingerprint density at radius 3 is 2.25 bits per heavy atom. The Labute approximate surface area is 185 Å². The van der Waals surface area contributed by atoms with Crippen LogP contribution in [0.3, 0.4) is 0 Å². The molecule has 0 aliphatic carbocycles. The van der Waals surface area contributed by atoms with Crippen LogP contribution in [0.25, 0.3) is 10.9 Å². The second-order valence-electron chi connectivity index (χ2n) is 6.90. The zero-order chi connectivity index (χ0) is 23.6. The van der Waals surface area contributed by atoms with E-state index < -0.39 is 28.6 Å². The number of benzene rings is 2. The first-order valence-electron chi connectivity index (χ1n) is 9.50. The maximum Gasteiger partial charge on any atom is 0.271 e. The van der Waals surface area contributed by atoms with Gasteiger partial charge in [-0.05, 0) is 6.07 Å². The van der Waals surface area contributed by atoms with Gasteiger partial charge in [-0.1, -0.05) is 18.2 Å². The summed E-state index contributed by atoms with van der Waals surface area (Å²) in [5.41, 5.74) is 6.57. The number of aryl methyl sites for hydroxylation is 1. The number of carbonyl (C=O) groups excluding carboxylic acids is 1. The minimum absolute atomic E-state index is 0.0993. The molecule has 3 N–H and O–H groups in total. The normalized spacial score (nSPS) is 12.4. The number of fused-ring (bicyclic) bond motifs is 1. The predicted molar refractivity (Wildman–Crippen MR) is 119 cm³/mol. The topological polar surface area (TPSA) is 133 Å². The fourth-order valence-electron chi connectivity index (χ4n) is 3.39. The summed E-state index contributed by atoms with van der Waals surface area (Å²) in [6, 6.07) is 8.02. The Hall–Kier alpha value is -3.28. The third-order valence-electron chi connectivity index (χ3n) is 4.99. The van der Waals surface area contributed by atoms with E-state index in [2.05, 4.69) is 0 Å². The fourth-order valence-corrected chi connectivity index (χ4v) is 4.89. The Balaban J connectivity index is 2.31. The van der Waals surface area contributed by atoms with Crippen LogP contribution in [0.1, 0.15) is 0 Å². The van der Waals surface area contributed by atoms with Crippen LogP contribution in [0.15, 0.2) is 47.5 Å². The number of amides is 1. The summed E-state index contributed by atoms with van der Waals surface area (Å²) in [7, 11) is 1.31. The lowest BCUT2D eigenvalue weighted by molar-refractivity contribution is -0.119. The van der Waals surface area contributed by atoms with Crippen molar-refractivity contribution >= 4 is 32.5 Å².